The third kappa shape index (κ3) is 5.34. The Kier molecular flexibility index (Phi) is 6.49. The highest BCUT2D eigenvalue weighted by Crippen LogP contribution is 2.23. The number of anilines is 2. The molecule has 0 radical (unpaired) electrons. The number of amides is 3. The third-order valence-corrected chi connectivity index (χ3v) is 4.90. The van der Waals surface area contributed by atoms with Gasteiger partial charge in [0.15, 0.2) is 0 Å². The molecule has 1 atom stereocenters. The Hall–Kier alpha value is -3.35. The number of hydrogen-bond acceptors (Lipinski definition) is 4. The minimum Gasteiger partial charge on any atom is -0.496 e. The lowest BCUT2D eigenvalue weighted by atomic mass is 10.1. The lowest BCUT2D eigenvalue weighted by molar-refractivity contribution is -0.128. The summed E-state index contributed by atoms with van der Waals surface area (Å²) in [6.45, 7) is 2.39. The van der Waals surface area contributed by atoms with Crippen LogP contribution in [0.1, 0.15) is 18.9 Å². The van der Waals surface area contributed by atoms with E-state index in [1.807, 2.05) is 24.3 Å². The van der Waals surface area contributed by atoms with Gasteiger partial charge in [0, 0.05) is 37.8 Å². The first-order valence-electron chi connectivity index (χ1n) is 9.54. The number of carbonyl (C=O) groups excluding carboxylic acids is 3. The number of likely N-dealkylation sites (tertiary alicyclic amines) is 1. The molecule has 29 heavy (non-hydrogen) atoms. The van der Waals surface area contributed by atoms with Gasteiger partial charge in [-0.2, -0.15) is 0 Å². The van der Waals surface area contributed by atoms with Crippen LogP contribution < -0.4 is 15.4 Å². The molecule has 1 fully saturated rings. The monoisotopic (exact) mass is 395 g/mol. The second-order valence-electron chi connectivity index (χ2n) is 7.05. The predicted molar refractivity (Wildman–Crippen MR) is 111 cm³/mol. The van der Waals surface area contributed by atoms with E-state index in [0.717, 1.165) is 11.3 Å². The maximum absolute atomic E-state index is 12.6. The largest absolute Gasteiger partial charge is 0.496 e. The summed E-state index contributed by atoms with van der Waals surface area (Å²) in [5, 5.41) is 5.52. The van der Waals surface area contributed by atoms with Crippen LogP contribution in [-0.2, 0) is 20.8 Å². The second kappa shape index (κ2) is 9.23. The standard InChI is InChI=1S/C22H25N3O4/c1-15(26)23-18-7-9-19(10-8-18)24-22(28)17-13-21(27)25(14-17)12-11-16-5-3-4-6-20(16)29-2/h3-10,17H,11-14H2,1-2H3,(H,23,26)(H,24,28). The van der Waals surface area contributed by atoms with E-state index in [4.69, 9.17) is 4.74 Å². The zero-order valence-electron chi connectivity index (χ0n) is 16.6. The average Bonchev–Trinajstić information content (AvgIpc) is 3.08. The Bertz CT molecular complexity index is 895. The molecule has 3 amide bonds. The van der Waals surface area contributed by atoms with Crippen molar-refractivity contribution in [2.24, 2.45) is 5.92 Å². The average molecular weight is 395 g/mol. The molecule has 0 saturated carbocycles. The van der Waals surface area contributed by atoms with Crippen LogP contribution in [0.5, 0.6) is 5.75 Å². The SMILES string of the molecule is COc1ccccc1CCN1CC(C(=O)Nc2ccc(NC(C)=O)cc2)CC1=O. The van der Waals surface area contributed by atoms with Gasteiger partial charge in [-0.1, -0.05) is 18.2 Å². The molecule has 0 aromatic heterocycles. The Balaban J connectivity index is 1.54. The zero-order valence-corrected chi connectivity index (χ0v) is 16.6. The van der Waals surface area contributed by atoms with Gasteiger partial charge in [-0.3, -0.25) is 14.4 Å². The molecule has 7 nitrogen and oxygen atoms in total. The van der Waals surface area contributed by atoms with E-state index < -0.39 is 0 Å². The summed E-state index contributed by atoms with van der Waals surface area (Å²) in [4.78, 5) is 37.7. The minimum atomic E-state index is -0.379. The fourth-order valence-corrected chi connectivity index (χ4v) is 3.41. The molecule has 3 rings (SSSR count). The van der Waals surface area contributed by atoms with E-state index in [1.54, 1.807) is 36.3 Å². The number of methoxy groups -OCH3 is 1. The van der Waals surface area contributed by atoms with Crippen LogP contribution in [0.15, 0.2) is 48.5 Å². The van der Waals surface area contributed by atoms with Gasteiger partial charge in [0.25, 0.3) is 0 Å². The normalized spacial score (nSPS) is 15.9. The lowest BCUT2D eigenvalue weighted by Crippen LogP contribution is -2.30. The highest BCUT2D eigenvalue weighted by molar-refractivity contribution is 5.97. The molecule has 152 valence electrons. The molecule has 1 saturated heterocycles. The van der Waals surface area contributed by atoms with Crippen molar-refractivity contribution >= 4 is 29.1 Å². The van der Waals surface area contributed by atoms with Crippen molar-refractivity contribution in [3.8, 4) is 5.75 Å². The fraction of sp³-hybridized carbons (Fsp3) is 0.318. The first kappa shape index (κ1) is 20.4. The van der Waals surface area contributed by atoms with Crippen molar-refractivity contribution in [2.45, 2.75) is 19.8 Å². The van der Waals surface area contributed by atoms with Gasteiger partial charge in [0.05, 0.1) is 13.0 Å². The van der Waals surface area contributed by atoms with Gasteiger partial charge in [0.2, 0.25) is 17.7 Å². The summed E-state index contributed by atoms with van der Waals surface area (Å²) in [6, 6.07) is 14.6. The quantitative estimate of drug-likeness (QED) is 0.755. The molecule has 1 aliphatic rings. The van der Waals surface area contributed by atoms with Crippen LogP contribution in [0.2, 0.25) is 0 Å². The van der Waals surface area contributed by atoms with E-state index in [-0.39, 0.29) is 30.1 Å². The van der Waals surface area contributed by atoms with Crippen molar-refractivity contribution in [3.63, 3.8) is 0 Å². The van der Waals surface area contributed by atoms with Crippen LogP contribution in [0.4, 0.5) is 11.4 Å². The number of benzene rings is 2. The highest BCUT2D eigenvalue weighted by Gasteiger charge is 2.34. The molecule has 2 N–H and O–H groups in total. The number of nitrogens with zero attached hydrogens (tertiary/aromatic N) is 1. The fourth-order valence-electron chi connectivity index (χ4n) is 3.41. The molecule has 0 spiro atoms. The van der Waals surface area contributed by atoms with Gasteiger partial charge in [-0.15, -0.1) is 0 Å². The third-order valence-electron chi connectivity index (χ3n) is 4.90. The Morgan fingerprint density at radius 2 is 1.72 bits per heavy atom. The summed E-state index contributed by atoms with van der Waals surface area (Å²) < 4.78 is 5.35. The molecule has 2 aromatic carbocycles. The summed E-state index contributed by atoms with van der Waals surface area (Å²) in [6.07, 6.45) is 0.885. The van der Waals surface area contributed by atoms with Crippen molar-refractivity contribution < 1.29 is 19.1 Å². The first-order valence-corrected chi connectivity index (χ1v) is 9.54. The molecule has 7 heteroatoms. The molecular weight excluding hydrogens is 370 g/mol. The number of rotatable bonds is 7. The van der Waals surface area contributed by atoms with Gasteiger partial charge in [-0.25, -0.2) is 0 Å². The minimum absolute atomic E-state index is 0.0129. The number of nitrogens with one attached hydrogen (secondary N) is 2. The van der Waals surface area contributed by atoms with E-state index in [1.165, 1.54) is 6.92 Å². The van der Waals surface area contributed by atoms with E-state index in [9.17, 15) is 14.4 Å². The summed E-state index contributed by atoms with van der Waals surface area (Å²) >= 11 is 0. The van der Waals surface area contributed by atoms with E-state index in [2.05, 4.69) is 10.6 Å². The maximum atomic E-state index is 12.6. The van der Waals surface area contributed by atoms with Gasteiger partial charge in [-0.05, 0) is 42.3 Å². The summed E-state index contributed by atoms with van der Waals surface area (Å²) in [7, 11) is 1.63. The zero-order chi connectivity index (χ0) is 20.8. The highest BCUT2D eigenvalue weighted by atomic mass is 16.5. The lowest BCUT2D eigenvalue weighted by Gasteiger charge is -2.17. The second-order valence-corrected chi connectivity index (χ2v) is 7.05. The van der Waals surface area contributed by atoms with Crippen LogP contribution in [0, 0.1) is 5.92 Å². The molecule has 0 aliphatic carbocycles. The summed E-state index contributed by atoms with van der Waals surface area (Å²) in [5.41, 5.74) is 2.33. The number of carbonyl (C=O) groups is 3. The molecule has 1 unspecified atom stereocenters. The van der Waals surface area contributed by atoms with Gasteiger partial charge < -0.3 is 20.3 Å². The van der Waals surface area contributed by atoms with Gasteiger partial charge >= 0.3 is 0 Å². The number of para-hydroxylation sites is 1. The number of hydrogen-bond donors (Lipinski definition) is 2. The first-order chi connectivity index (χ1) is 14.0. The molecule has 0 bridgehead atoms. The molecule has 1 heterocycles. The van der Waals surface area contributed by atoms with Crippen molar-refractivity contribution in [1.82, 2.24) is 4.90 Å². The van der Waals surface area contributed by atoms with E-state index in [0.29, 0.717) is 30.9 Å². The number of ether oxygens (including phenoxy) is 1. The van der Waals surface area contributed by atoms with Crippen LogP contribution in [0.3, 0.4) is 0 Å². The van der Waals surface area contributed by atoms with Crippen molar-refractivity contribution in [2.75, 3.05) is 30.8 Å². The Labute approximate surface area is 170 Å². The molecule has 2 aromatic rings. The Morgan fingerprint density at radius 3 is 2.38 bits per heavy atom. The maximum Gasteiger partial charge on any atom is 0.229 e. The van der Waals surface area contributed by atoms with Gasteiger partial charge in [0.1, 0.15) is 5.75 Å². The predicted octanol–water partition coefficient (Wildman–Crippen LogP) is 2.68. The van der Waals surface area contributed by atoms with Crippen molar-refractivity contribution in [1.29, 1.82) is 0 Å². The molecular formula is C22H25N3O4. The van der Waals surface area contributed by atoms with Crippen LogP contribution in [-0.4, -0.2) is 42.8 Å². The van der Waals surface area contributed by atoms with Crippen LogP contribution in [0.25, 0.3) is 0 Å². The smallest absolute Gasteiger partial charge is 0.229 e. The van der Waals surface area contributed by atoms with Crippen LogP contribution >= 0.6 is 0 Å². The Morgan fingerprint density at radius 1 is 1.07 bits per heavy atom. The van der Waals surface area contributed by atoms with Crippen molar-refractivity contribution in [3.05, 3.63) is 54.1 Å². The summed E-state index contributed by atoms with van der Waals surface area (Å²) in [5.74, 6) is 0.0808. The van der Waals surface area contributed by atoms with E-state index >= 15 is 0 Å². The topological polar surface area (TPSA) is 87.7 Å². The molecule has 1 aliphatic heterocycles.